The van der Waals surface area contributed by atoms with E-state index in [0.717, 1.165) is 43.9 Å². The SMILES string of the molecule is CCc1noc(C)c1C(=O)NCc1cccc(OCCN(C)C2CCOCC2)c1. The van der Waals surface area contributed by atoms with E-state index in [1.165, 1.54) is 0 Å². The zero-order valence-corrected chi connectivity index (χ0v) is 17.6. The number of hydrogen-bond donors (Lipinski definition) is 1. The van der Waals surface area contributed by atoms with E-state index < -0.39 is 0 Å². The molecule has 0 atom stereocenters. The summed E-state index contributed by atoms with van der Waals surface area (Å²) in [7, 11) is 2.14. The number of aromatic nitrogens is 1. The topological polar surface area (TPSA) is 76.8 Å². The van der Waals surface area contributed by atoms with Gasteiger partial charge in [0.1, 0.15) is 23.7 Å². The smallest absolute Gasteiger partial charge is 0.257 e. The Morgan fingerprint density at radius 1 is 1.34 bits per heavy atom. The van der Waals surface area contributed by atoms with Crippen LogP contribution in [0.4, 0.5) is 0 Å². The first-order valence-electron chi connectivity index (χ1n) is 10.3. The van der Waals surface area contributed by atoms with E-state index in [9.17, 15) is 4.79 Å². The van der Waals surface area contributed by atoms with Crippen LogP contribution < -0.4 is 10.1 Å². The molecule has 1 fully saturated rings. The van der Waals surface area contributed by atoms with Crippen molar-refractivity contribution in [1.29, 1.82) is 0 Å². The molecule has 0 bridgehead atoms. The molecule has 0 saturated carbocycles. The molecule has 158 valence electrons. The minimum Gasteiger partial charge on any atom is -0.492 e. The number of carbonyl (C=O) groups excluding carboxylic acids is 1. The normalized spacial score (nSPS) is 14.9. The second kappa shape index (κ2) is 10.4. The molecular weight excluding hydrogens is 370 g/mol. The van der Waals surface area contributed by atoms with Crippen LogP contribution in [0.2, 0.25) is 0 Å². The number of benzene rings is 1. The molecule has 2 aromatic rings. The summed E-state index contributed by atoms with van der Waals surface area (Å²) in [6.45, 7) is 7.32. The second-order valence-electron chi connectivity index (χ2n) is 7.42. The van der Waals surface area contributed by atoms with Crippen LogP contribution in [0.25, 0.3) is 0 Å². The Bertz CT molecular complexity index is 799. The maximum absolute atomic E-state index is 12.5. The summed E-state index contributed by atoms with van der Waals surface area (Å²) in [5.74, 6) is 1.20. The number of aryl methyl sites for hydroxylation is 2. The highest BCUT2D eigenvalue weighted by Crippen LogP contribution is 2.17. The van der Waals surface area contributed by atoms with Crippen molar-refractivity contribution >= 4 is 5.91 Å². The van der Waals surface area contributed by atoms with Gasteiger partial charge in [0.05, 0.1) is 5.69 Å². The van der Waals surface area contributed by atoms with Gasteiger partial charge in [0, 0.05) is 32.3 Å². The summed E-state index contributed by atoms with van der Waals surface area (Å²) in [6, 6.07) is 8.40. The van der Waals surface area contributed by atoms with Crippen LogP contribution >= 0.6 is 0 Å². The maximum Gasteiger partial charge on any atom is 0.257 e. The van der Waals surface area contributed by atoms with E-state index in [1.807, 2.05) is 31.2 Å². The number of likely N-dealkylation sites (N-methyl/N-ethyl adjacent to an activating group) is 1. The quantitative estimate of drug-likeness (QED) is 0.696. The fourth-order valence-corrected chi connectivity index (χ4v) is 3.58. The lowest BCUT2D eigenvalue weighted by Crippen LogP contribution is -2.38. The van der Waals surface area contributed by atoms with Crippen LogP contribution in [0.15, 0.2) is 28.8 Å². The van der Waals surface area contributed by atoms with Gasteiger partial charge in [-0.25, -0.2) is 0 Å². The van der Waals surface area contributed by atoms with Gasteiger partial charge in [0.2, 0.25) is 0 Å². The molecule has 1 amide bonds. The van der Waals surface area contributed by atoms with Crippen LogP contribution in [0.1, 0.15) is 47.1 Å². The maximum atomic E-state index is 12.5. The average Bonchev–Trinajstić information content (AvgIpc) is 3.13. The Morgan fingerprint density at radius 3 is 2.90 bits per heavy atom. The number of nitrogens with one attached hydrogen (secondary N) is 1. The van der Waals surface area contributed by atoms with Crippen molar-refractivity contribution < 1.29 is 18.8 Å². The number of ether oxygens (including phenoxy) is 2. The van der Waals surface area contributed by atoms with Gasteiger partial charge >= 0.3 is 0 Å². The lowest BCUT2D eigenvalue weighted by atomic mass is 10.1. The van der Waals surface area contributed by atoms with Gasteiger partial charge in [-0.05, 0) is 50.9 Å². The molecule has 1 aliphatic heterocycles. The molecule has 1 saturated heterocycles. The van der Waals surface area contributed by atoms with Gasteiger partial charge in [0.15, 0.2) is 0 Å². The summed E-state index contributed by atoms with van der Waals surface area (Å²) in [4.78, 5) is 14.9. The average molecular weight is 402 g/mol. The van der Waals surface area contributed by atoms with Crippen molar-refractivity contribution in [2.24, 2.45) is 0 Å². The molecule has 1 aromatic heterocycles. The monoisotopic (exact) mass is 401 g/mol. The molecule has 0 aliphatic carbocycles. The number of amides is 1. The van der Waals surface area contributed by atoms with Gasteiger partial charge in [-0.2, -0.15) is 0 Å². The predicted molar refractivity (Wildman–Crippen MR) is 110 cm³/mol. The minimum atomic E-state index is -0.162. The molecule has 0 spiro atoms. The molecule has 1 N–H and O–H groups in total. The van der Waals surface area contributed by atoms with Crippen LogP contribution in [0, 0.1) is 6.92 Å². The zero-order chi connectivity index (χ0) is 20.6. The van der Waals surface area contributed by atoms with Crippen molar-refractivity contribution in [3.05, 3.63) is 46.8 Å². The fourth-order valence-electron chi connectivity index (χ4n) is 3.58. The molecular formula is C22H31N3O4. The summed E-state index contributed by atoms with van der Waals surface area (Å²) < 4.78 is 16.5. The number of hydrogen-bond acceptors (Lipinski definition) is 6. The summed E-state index contributed by atoms with van der Waals surface area (Å²) in [5, 5.41) is 6.89. The molecule has 3 rings (SSSR count). The molecule has 0 radical (unpaired) electrons. The lowest BCUT2D eigenvalue weighted by Gasteiger charge is -2.31. The Hall–Kier alpha value is -2.38. The van der Waals surface area contributed by atoms with Gasteiger partial charge in [-0.15, -0.1) is 0 Å². The molecule has 29 heavy (non-hydrogen) atoms. The molecule has 7 heteroatoms. The summed E-state index contributed by atoms with van der Waals surface area (Å²) in [6.07, 6.45) is 2.82. The van der Waals surface area contributed by atoms with Crippen molar-refractivity contribution in [2.75, 3.05) is 33.4 Å². The molecule has 2 heterocycles. The van der Waals surface area contributed by atoms with Crippen molar-refractivity contribution in [2.45, 2.75) is 45.7 Å². The molecule has 1 aromatic carbocycles. The summed E-state index contributed by atoms with van der Waals surface area (Å²) in [5.41, 5.74) is 2.21. The highest BCUT2D eigenvalue weighted by atomic mass is 16.5. The van der Waals surface area contributed by atoms with Gasteiger partial charge < -0.3 is 19.3 Å². The van der Waals surface area contributed by atoms with E-state index in [4.69, 9.17) is 14.0 Å². The van der Waals surface area contributed by atoms with Crippen molar-refractivity contribution in [1.82, 2.24) is 15.4 Å². The zero-order valence-electron chi connectivity index (χ0n) is 17.6. The molecule has 0 unspecified atom stereocenters. The second-order valence-corrected chi connectivity index (χ2v) is 7.42. The van der Waals surface area contributed by atoms with E-state index in [-0.39, 0.29) is 5.91 Å². The first kappa shape index (κ1) is 21.3. The van der Waals surface area contributed by atoms with Gasteiger partial charge in [0.25, 0.3) is 5.91 Å². The largest absolute Gasteiger partial charge is 0.492 e. The first-order chi connectivity index (χ1) is 14.1. The van der Waals surface area contributed by atoms with Gasteiger partial charge in [-0.3, -0.25) is 9.69 Å². The highest BCUT2D eigenvalue weighted by molar-refractivity contribution is 5.96. The van der Waals surface area contributed by atoms with Crippen LogP contribution in [-0.2, 0) is 17.7 Å². The standard InChI is InChI=1S/C22H31N3O4/c1-4-20-21(16(2)29-24-20)22(26)23-15-17-6-5-7-19(14-17)28-13-10-25(3)18-8-11-27-12-9-18/h5-7,14,18H,4,8-13,15H2,1-3H3,(H,23,26). The number of rotatable bonds is 9. The van der Waals surface area contributed by atoms with E-state index >= 15 is 0 Å². The van der Waals surface area contributed by atoms with E-state index in [0.29, 0.717) is 42.6 Å². The first-order valence-corrected chi connectivity index (χ1v) is 10.3. The third kappa shape index (κ3) is 5.81. The number of nitrogens with zero attached hydrogens (tertiary/aromatic N) is 2. The van der Waals surface area contributed by atoms with E-state index in [2.05, 4.69) is 22.4 Å². The highest BCUT2D eigenvalue weighted by Gasteiger charge is 2.19. The third-order valence-electron chi connectivity index (χ3n) is 5.37. The van der Waals surface area contributed by atoms with E-state index in [1.54, 1.807) is 6.92 Å². The van der Waals surface area contributed by atoms with Crippen LogP contribution in [0.3, 0.4) is 0 Å². The Labute approximate surface area is 172 Å². The molecule has 1 aliphatic rings. The lowest BCUT2D eigenvalue weighted by molar-refractivity contribution is 0.0392. The third-order valence-corrected chi connectivity index (χ3v) is 5.37. The molecule has 7 nitrogen and oxygen atoms in total. The fraction of sp³-hybridized carbons (Fsp3) is 0.545. The van der Waals surface area contributed by atoms with Crippen LogP contribution in [-0.4, -0.2) is 55.4 Å². The van der Waals surface area contributed by atoms with Crippen molar-refractivity contribution in [3.63, 3.8) is 0 Å². The number of carbonyl (C=O) groups is 1. The Morgan fingerprint density at radius 2 is 2.14 bits per heavy atom. The van der Waals surface area contributed by atoms with Crippen LogP contribution in [0.5, 0.6) is 5.75 Å². The van der Waals surface area contributed by atoms with Gasteiger partial charge in [-0.1, -0.05) is 24.2 Å². The summed E-state index contributed by atoms with van der Waals surface area (Å²) >= 11 is 0. The Balaban J connectivity index is 1.47. The Kier molecular flexibility index (Phi) is 7.66. The predicted octanol–water partition coefficient (Wildman–Crippen LogP) is 2.97. The minimum absolute atomic E-state index is 0.162. The van der Waals surface area contributed by atoms with Crippen molar-refractivity contribution in [3.8, 4) is 5.75 Å².